The highest BCUT2D eigenvalue weighted by Gasteiger charge is 2.20. The Bertz CT molecular complexity index is 1250. The number of carbonyl (C=O) groups is 1. The standard InChI is InChI=1S/C20H12ClN3O3S/c21-17-11-5-1-4-8-16(11)28-18(17)20(26)27-10-15(25)12(9-22)19-23-13-6-2-3-7-14(13)24-19/h1-8,25H,10H2,(H,23,24)/b15-12+. The lowest BCUT2D eigenvalue weighted by atomic mass is 10.2. The molecule has 2 heterocycles. The lowest BCUT2D eigenvalue weighted by Gasteiger charge is -2.04. The summed E-state index contributed by atoms with van der Waals surface area (Å²) < 4.78 is 6.03. The molecule has 0 aliphatic rings. The topological polar surface area (TPSA) is 99.0 Å². The molecule has 8 heteroatoms. The zero-order valence-corrected chi connectivity index (χ0v) is 15.8. The molecule has 0 unspecified atom stereocenters. The molecule has 0 saturated heterocycles. The fourth-order valence-electron chi connectivity index (χ4n) is 2.74. The second-order valence-electron chi connectivity index (χ2n) is 5.85. The number of thiophene rings is 1. The number of aromatic nitrogens is 2. The van der Waals surface area contributed by atoms with E-state index >= 15 is 0 Å². The number of rotatable bonds is 4. The second-order valence-corrected chi connectivity index (χ2v) is 7.28. The smallest absolute Gasteiger partial charge is 0.350 e. The minimum atomic E-state index is -0.667. The van der Waals surface area contributed by atoms with Crippen molar-refractivity contribution >= 4 is 55.6 Å². The number of hydrogen-bond acceptors (Lipinski definition) is 6. The fourth-order valence-corrected chi connectivity index (χ4v) is 4.14. The number of nitriles is 1. The summed E-state index contributed by atoms with van der Waals surface area (Å²) in [5.74, 6) is -0.857. The van der Waals surface area contributed by atoms with E-state index in [0.29, 0.717) is 10.5 Å². The Kier molecular flexibility index (Phi) is 4.74. The molecule has 0 saturated carbocycles. The molecule has 4 rings (SSSR count). The molecule has 0 amide bonds. The summed E-state index contributed by atoms with van der Waals surface area (Å²) in [4.78, 5) is 19.9. The number of nitrogens with one attached hydrogen (secondary N) is 1. The van der Waals surface area contributed by atoms with Crippen molar-refractivity contribution in [1.29, 1.82) is 5.26 Å². The highest BCUT2D eigenvalue weighted by Crippen LogP contribution is 2.35. The van der Waals surface area contributed by atoms with Gasteiger partial charge in [-0.3, -0.25) is 0 Å². The number of benzene rings is 2. The molecule has 2 aromatic carbocycles. The number of imidazole rings is 1. The number of para-hydroxylation sites is 2. The number of nitrogens with zero attached hydrogens (tertiary/aromatic N) is 2. The number of H-pyrrole nitrogens is 1. The van der Waals surface area contributed by atoms with Gasteiger partial charge in [-0.05, 0) is 18.2 Å². The first-order chi connectivity index (χ1) is 13.6. The van der Waals surface area contributed by atoms with Crippen molar-refractivity contribution in [3.8, 4) is 6.07 Å². The molecule has 0 radical (unpaired) electrons. The Labute approximate surface area is 168 Å². The lowest BCUT2D eigenvalue weighted by molar-refractivity contribution is 0.0508. The van der Waals surface area contributed by atoms with Crippen molar-refractivity contribution in [3.63, 3.8) is 0 Å². The van der Waals surface area contributed by atoms with Crippen LogP contribution in [0.4, 0.5) is 0 Å². The minimum absolute atomic E-state index is 0.0913. The first-order valence-electron chi connectivity index (χ1n) is 8.20. The van der Waals surface area contributed by atoms with Crippen LogP contribution in [0.1, 0.15) is 15.5 Å². The van der Waals surface area contributed by atoms with E-state index in [1.807, 2.05) is 42.5 Å². The number of aliphatic hydroxyl groups is 1. The van der Waals surface area contributed by atoms with Gasteiger partial charge in [-0.2, -0.15) is 5.26 Å². The Hall–Kier alpha value is -3.34. The summed E-state index contributed by atoms with van der Waals surface area (Å²) >= 11 is 7.48. The molecule has 4 aromatic rings. The van der Waals surface area contributed by atoms with Gasteiger partial charge in [0, 0.05) is 10.1 Å². The summed E-state index contributed by atoms with van der Waals surface area (Å²) in [5, 5.41) is 20.8. The first kappa shape index (κ1) is 18.0. The third-order valence-electron chi connectivity index (χ3n) is 4.09. The highest BCUT2D eigenvalue weighted by molar-refractivity contribution is 7.21. The van der Waals surface area contributed by atoms with Gasteiger partial charge in [0.15, 0.2) is 11.6 Å². The Morgan fingerprint density at radius 3 is 2.75 bits per heavy atom. The van der Waals surface area contributed by atoms with Gasteiger partial charge in [0.05, 0.1) is 16.1 Å². The maximum Gasteiger partial charge on any atom is 0.350 e. The first-order valence-corrected chi connectivity index (χ1v) is 9.39. The van der Waals surface area contributed by atoms with E-state index in [2.05, 4.69) is 9.97 Å². The molecule has 0 aliphatic carbocycles. The van der Waals surface area contributed by atoms with Crippen molar-refractivity contribution in [2.45, 2.75) is 0 Å². The lowest BCUT2D eigenvalue weighted by Crippen LogP contribution is -2.08. The van der Waals surface area contributed by atoms with E-state index in [0.717, 1.165) is 15.6 Å². The van der Waals surface area contributed by atoms with Crippen LogP contribution in [0.5, 0.6) is 0 Å². The van der Waals surface area contributed by atoms with E-state index in [4.69, 9.17) is 16.3 Å². The Morgan fingerprint density at radius 1 is 1.25 bits per heavy atom. The summed E-state index contributed by atoms with van der Waals surface area (Å²) in [6.45, 7) is -0.469. The monoisotopic (exact) mass is 409 g/mol. The maximum absolute atomic E-state index is 12.4. The van der Waals surface area contributed by atoms with Crippen LogP contribution in [0, 0.1) is 11.3 Å². The van der Waals surface area contributed by atoms with Crippen molar-refractivity contribution in [1.82, 2.24) is 9.97 Å². The third-order valence-corrected chi connectivity index (χ3v) is 5.74. The SMILES string of the molecule is N#C/C(=C(\O)COC(=O)c1sc2ccccc2c1Cl)c1nc2ccccc2[nH]1. The molecule has 138 valence electrons. The fraction of sp³-hybridized carbons (Fsp3) is 0.0500. The van der Waals surface area contributed by atoms with Crippen LogP contribution in [0.3, 0.4) is 0 Å². The third kappa shape index (κ3) is 3.20. The van der Waals surface area contributed by atoms with Gasteiger partial charge in [-0.1, -0.05) is 41.9 Å². The zero-order valence-electron chi connectivity index (χ0n) is 14.3. The van der Waals surface area contributed by atoms with Gasteiger partial charge < -0.3 is 14.8 Å². The van der Waals surface area contributed by atoms with Gasteiger partial charge in [-0.15, -0.1) is 11.3 Å². The van der Waals surface area contributed by atoms with Crippen molar-refractivity contribution in [2.24, 2.45) is 0 Å². The van der Waals surface area contributed by atoms with E-state index in [-0.39, 0.29) is 16.3 Å². The van der Waals surface area contributed by atoms with Crippen molar-refractivity contribution in [2.75, 3.05) is 6.61 Å². The Morgan fingerprint density at radius 2 is 2.00 bits per heavy atom. The molecule has 0 fully saturated rings. The average molecular weight is 410 g/mol. The normalized spacial score (nSPS) is 12.0. The second kappa shape index (κ2) is 7.35. The van der Waals surface area contributed by atoms with Crippen LogP contribution in [-0.2, 0) is 4.74 Å². The van der Waals surface area contributed by atoms with Gasteiger partial charge >= 0.3 is 5.97 Å². The van der Waals surface area contributed by atoms with Gasteiger partial charge in [0.2, 0.25) is 0 Å². The van der Waals surface area contributed by atoms with Crippen LogP contribution in [0.2, 0.25) is 5.02 Å². The zero-order chi connectivity index (χ0) is 19.7. The van der Waals surface area contributed by atoms with Crippen molar-refractivity contribution < 1.29 is 14.6 Å². The van der Waals surface area contributed by atoms with Gasteiger partial charge in [-0.25, -0.2) is 9.78 Å². The number of halogens is 1. The number of hydrogen-bond donors (Lipinski definition) is 2. The summed E-state index contributed by atoms with van der Waals surface area (Å²) in [6.07, 6.45) is 0. The number of fused-ring (bicyclic) bond motifs is 2. The number of carbonyl (C=O) groups excluding carboxylic acids is 1. The highest BCUT2D eigenvalue weighted by atomic mass is 35.5. The van der Waals surface area contributed by atoms with Gasteiger partial charge in [0.25, 0.3) is 0 Å². The molecular weight excluding hydrogens is 398 g/mol. The average Bonchev–Trinajstić information content (AvgIpc) is 3.28. The van der Waals surface area contributed by atoms with E-state index in [1.165, 1.54) is 11.3 Å². The Balaban J connectivity index is 1.57. The molecule has 2 N–H and O–H groups in total. The quantitative estimate of drug-likeness (QED) is 0.278. The molecule has 6 nitrogen and oxygen atoms in total. The molecule has 0 bridgehead atoms. The largest absolute Gasteiger partial charge is 0.507 e. The van der Waals surface area contributed by atoms with Crippen LogP contribution in [0.15, 0.2) is 54.3 Å². The van der Waals surface area contributed by atoms with Crippen LogP contribution in [0.25, 0.3) is 26.7 Å². The maximum atomic E-state index is 12.4. The molecule has 2 aromatic heterocycles. The molecule has 0 atom stereocenters. The number of ether oxygens (including phenoxy) is 1. The molecule has 0 aliphatic heterocycles. The van der Waals surface area contributed by atoms with E-state index < -0.39 is 18.3 Å². The van der Waals surface area contributed by atoms with Crippen molar-refractivity contribution in [3.05, 3.63) is 70.0 Å². The summed E-state index contributed by atoms with van der Waals surface area (Å²) in [5.41, 5.74) is 1.30. The van der Waals surface area contributed by atoms with Crippen LogP contribution in [-0.4, -0.2) is 27.7 Å². The van der Waals surface area contributed by atoms with Gasteiger partial charge in [0.1, 0.15) is 23.1 Å². The number of allylic oxidation sites excluding steroid dienone is 1. The molecule has 28 heavy (non-hydrogen) atoms. The number of aromatic amines is 1. The number of aliphatic hydroxyl groups excluding tert-OH is 1. The van der Waals surface area contributed by atoms with Crippen LogP contribution >= 0.6 is 22.9 Å². The van der Waals surface area contributed by atoms with Crippen LogP contribution < -0.4 is 0 Å². The predicted molar refractivity (Wildman–Crippen MR) is 108 cm³/mol. The van der Waals surface area contributed by atoms with E-state index in [9.17, 15) is 15.2 Å². The number of esters is 1. The minimum Gasteiger partial charge on any atom is -0.507 e. The predicted octanol–water partition coefficient (Wildman–Crippen LogP) is 5.08. The summed E-state index contributed by atoms with van der Waals surface area (Å²) in [6, 6.07) is 16.5. The molecule has 0 spiro atoms. The summed E-state index contributed by atoms with van der Waals surface area (Å²) in [7, 11) is 0. The van der Waals surface area contributed by atoms with E-state index in [1.54, 1.807) is 12.1 Å². The molecular formula is C20H12ClN3O3S.